The average Bonchev–Trinajstić information content (AvgIpc) is 3.17. The Morgan fingerprint density at radius 1 is 0.903 bits per heavy atom. The molecule has 156 valence electrons. The lowest BCUT2D eigenvalue weighted by Crippen LogP contribution is -2.40. The van der Waals surface area contributed by atoms with Gasteiger partial charge in [-0.25, -0.2) is 0 Å². The molecule has 2 amide bonds. The van der Waals surface area contributed by atoms with Crippen LogP contribution in [-0.4, -0.2) is 43.0 Å². The molecule has 0 radical (unpaired) electrons. The molecule has 1 saturated heterocycles. The summed E-state index contributed by atoms with van der Waals surface area (Å²) in [6.07, 6.45) is 0.204. The van der Waals surface area contributed by atoms with Crippen LogP contribution in [-0.2, 0) is 16.0 Å². The first-order valence-corrected chi connectivity index (χ1v) is 10.3. The summed E-state index contributed by atoms with van der Waals surface area (Å²) in [4.78, 5) is 27.7. The quantitative estimate of drug-likeness (QED) is 0.542. The van der Waals surface area contributed by atoms with Gasteiger partial charge in [-0.05, 0) is 28.5 Å². The Hall–Kier alpha value is -3.64. The van der Waals surface area contributed by atoms with Crippen LogP contribution in [0.2, 0.25) is 0 Å². The zero-order valence-electron chi connectivity index (χ0n) is 17.0. The molecule has 0 saturated carbocycles. The predicted octanol–water partition coefficient (Wildman–Crippen LogP) is 4.24. The number of morpholine rings is 1. The molecule has 1 aliphatic rings. The second-order valence-corrected chi connectivity index (χ2v) is 7.61. The summed E-state index contributed by atoms with van der Waals surface area (Å²) in [5.41, 5.74) is 1.91. The van der Waals surface area contributed by atoms with E-state index in [1.165, 1.54) is 0 Å². The first-order chi connectivity index (χ1) is 15.2. The van der Waals surface area contributed by atoms with E-state index in [-0.39, 0.29) is 24.0 Å². The van der Waals surface area contributed by atoms with Crippen molar-refractivity contribution in [2.75, 3.05) is 31.6 Å². The van der Waals surface area contributed by atoms with Gasteiger partial charge in [0.25, 0.3) is 5.91 Å². The van der Waals surface area contributed by atoms with Crippen LogP contribution in [0, 0.1) is 0 Å². The second-order valence-electron chi connectivity index (χ2n) is 7.61. The third-order valence-corrected chi connectivity index (χ3v) is 5.53. The Kier molecular flexibility index (Phi) is 5.14. The molecule has 31 heavy (non-hydrogen) atoms. The van der Waals surface area contributed by atoms with Gasteiger partial charge < -0.3 is 19.4 Å². The zero-order valence-corrected chi connectivity index (χ0v) is 17.0. The van der Waals surface area contributed by atoms with Crippen LogP contribution in [0.25, 0.3) is 21.7 Å². The van der Waals surface area contributed by atoms with Gasteiger partial charge in [0, 0.05) is 18.5 Å². The van der Waals surface area contributed by atoms with Crippen molar-refractivity contribution in [3.05, 3.63) is 78.1 Å². The number of fused-ring (bicyclic) bond motifs is 2. The fraction of sp³-hybridized carbons (Fsp3) is 0.200. The molecule has 6 heteroatoms. The number of hydrogen-bond donors (Lipinski definition) is 1. The van der Waals surface area contributed by atoms with Crippen LogP contribution in [0.4, 0.5) is 5.69 Å². The van der Waals surface area contributed by atoms with E-state index in [0.29, 0.717) is 43.0 Å². The lowest BCUT2D eigenvalue weighted by molar-refractivity contribution is -0.115. The number of amides is 2. The summed E-state index contributed by atoms with van der Waals surface area (Å²) < 4.78 is 11.2. The smallest absolute Gasteiger partial charge is 0.291 e. The number of para-hydroxylation sites is 1. The monoisotopic (exact) mass is 414 g/mol. The summed E-state index contributed by atoms with van der Waals surface area (Å²) in [7, 11) is 0. The van der Waals surface area contributed by atoms with E-state index >= 15 is 0 Å². The van der Waals surface area contributed by atoms with Crippen molar-refractivity contribution in [1.29, 1.82) is 0 Å². The van der Waals surface area contributed by atoms with E-state index in [4.69, 9.17) is 9.15 Å². The number of nitrogens with one attached hydrogen (secondary N) is 1. The van der Waals surface area contributed by atoms with Crippen molar-refractivity contribution in [2.45, 2.75) is 6.42 Å². The van der Waals surface area contributed by atoms with Crippen LogP contribution < -0.4 is 5.32 Å². The molecule has 4 aromatic rings. The largest absolute Gasteiger partial charge is 0.449 e. The molecule has 0 unspecified atom stereocenters. The highest BCUT2D eigenvalue weighted by atomic mass is 16.5. The van der Waals surface area contributed by atoms with Crippen molar-refractivity contribution >= 4 is 39.2 Å². The molecule has 2 heterocycles. The number of benzene rings is 3. The van der Waals surface area contributed by atoms with E-state index in [9.17, 15) is 9.59 Å². The molecule has 1 N–H and O–H groups in total. The van der Waals surface area contributed by atoms with Gasteiger partial charge in [0.1, 0.15) is 11.3 Å². The standard InChI is InChI=1S/C25H22N2O4/c28-22(16-17-9-10-18-5-1-2-6-19(18)15-17)26-23-20-7-3-4-8-21(20)31-24(23)25(29)27-11-13-30-14-12-27/h1-10,15H,11-14,16H2,(H,26,28). The Balaban J connectivity index is 1.43. The first-order valence-electron chi connectivity index (χ1n) is 10.3. The van der Waals surface area contributed by atoms with Crippen molar-refractivity contribution in [1.82, 2.24) is 4.90 Å². The molecule has 0 spiro atoms. The van der Waals surface area contributed by atoms with Gasteiger partial charge in [-0.1, -0.05) is 54.6 Å². The Labute approximate surface area is 179 Å². The van der Waals surface area contributed by atoms with Crippen LogP contribution in [0.1, 0.15) is 16.1 Å². The van der Waals surface area contributed by atoms with Gasteiger partial charge in [-0.3, -0.25) is 9.59 Å². The molecule has 1 aromatic heterocycles. The number of carbonyl (C=O) groups excluding carboxylic acids is 2. The van der Waals surface area contributed by atoms with Crippen molar-refractivity contribution in [3.63, 3.8) is 0 Å². The molecule has 1 fully saturated rings. The molecule has 5 rings (SSSR count). The topological polar surface area (TPSA) is 71.8 Å². The second kappa shape index (κ2) is 8.24. The Bertz CT molecular complexity index is 1270. The maximum atomic E-state index is 13.1. The van der Waals surface area contributed by atoms with E-state index in [0.717, 1.165) is 16.3 Å². The summed E-state index contributed by atoms with van der Waals surface area (Å²) in [5.74, 6) is -0.270. The molecule has 0 aliphatic carbocycles. The molecule has 1 aliphatic heterocycles. The summed E-state index contributed by atoms with van der Waals surface area (Å²) in [6, 6.07) is 21.4. The van der Waals surface area contributed by atoms with E-state index < -0.39 is 0 Å². The molecule has 0 atom stereocenters. The highest BCUT2D eigenvalue weighted by molar-refractivity contribution is 6.11. The number of rotatable bonds is 4. The number of anilines is 1. The molecular weight excluding hydrogens is 392 g/mol. The van der Waals surface area contributed by atoms with Gasteiger partial charge in [0.05, 0.1) is 19.6 Å². The number of furan rings is 1. The number of ether oxygens (including phenoxy) is 1. The van der Waals surface area contributed by atoms with Crippen LogP contribution in [0.3, 0.4) is 0 Å². The van der Waals surface area contributed by atoms with Crippen molar-refractivity contribution in [3.8, 4) is 0 Å². The lowest BCUT2D eigenvalue weighted by atomic mass is 10.0. The summed E-state index contributed by atoms with van der Waals surface area (Å²) in [6.45, 7) is 1.99. The van der Waals surface area contributed by atoms with Gasteiger partial charge in [-0.2, -0.15) is 0 Å². The van der Waals surface area contributed by atoms with Gasteiger partial charge in [0.2, 0.25) is 11.7 Å². The fourth-order valence-corrected chi connectivity index (χ4v) is 3.95. The maximum absolute atomic E-state index is 13.1. The minimum absolute atomic E-state index is 0.162. The van der Waals surface area contributed by atoms with Gasteiger partial charge in [0.15, 0.2) is 0 Å². The fourth-order valence-electron chi connectivity index (χ4n) is 3.95. The summed E-state index contributed by atoms with van der Waals surface area (Å²) in [5, 5.41) is 5.87. The minimum atomic E-state index is -0.236. The first kappa shape index (κ1) is 19.3. The molecule has 6 nitrogen and oxygen atoms in total. The number of hydrogen-bond acceptors (Lipinski definition) is 4. The van der Waals surface area contributed by atoms with E-state index in [1.54, 1.807) is 11.0 Å². The molecule has 0 bridgehead atoms. The van der Waals surface area contributed by atoms with Crippen LogP contribution in [0.5, 0.6) is 0 Å². The SMILES string of the molecule is O=C(Cc1ccc2ccccc2c1)Nc1c(C(=O)N2CCOCC2)oc2ccccc12. The minimum Gasteiger partial charge on any atom is -0.449 e. The van der Waals surface area contributed by atoms with Crippen LogP contribution >= 0.6 is 0 Å². The average molecular weight is 414 g/mol. The third kappa shape index (κ3) is 3.90. The highest BCUT2D eigenvalue weighted by Gasteiger charge is 2.27. The maximum Gasteiger partial charge on any atom is 0.291 e. The third-order valence-electron chi connectivity index (χ3n) is 5.53. The van der Waals surface area contributed by atoms with Crippen molar-refractivity contribution in [2.24, 2.45) is 0 Å². The van der Waals surface area contributed by atoms with Gasteiger partial charge >= 0.3 is 0 Å². The zero-order chi connectivity index (χ0) is 21.2. The molecule has 3 aromatic carbocycles. The van der Waals surface area contributed by atoms with Crippen molar-refractivity contribution < 1.29 is 18.7 Å². The van der Waals surface area contributed by atoms with Gasteiger partial charge in [-0.15, -0.1) is 0 Å². The van der Waals surface area contributed by atoms with E-state index in [1.807, 2.05) is 60.7 Å². The molecular formula is C25H22N2O4. The van der Waals surface area contributed by atoms with E-state index in [2.05, 4.69) is 5.32 Å². The van der Waals surface area contributed by atoms with Crippen LogP contribution in [0.15, 0.2) is 71.1 Å². The Morgan fingerprint density at radius 3 is 2.48 bits per heavy atom. The summed E-state index contributed by atoms with van der Waals surface area (Å²) >= 11 is 0. The lowest BCUT2D eigenvalue weighted by Gasteiger charge is -2.26. The predicted molar refractivity (Wildman–Crippen MR) is 119 cm³/mol. The number of nitrogens with zero attached hydrogens (tertiary/aromatic N) is 1. The normalized spacial score (nSPS) is 14.1. The Morgan fingerprint density at radius 2 is 1.65 bits per heavy atom. The number of carbonyl (C=O) groups is 2. The highest BCUT2D eigenvalue weighted by Crippen LogP contribution is 2.32.